The maximum Gasteiger partial charge on any atom is 0.338 e. The second kappa shape index (κ2) is 7.04. The lowest BCUT2D eigenvalue weighted by Crippen LogP contribution is -2.15. The summed E-state index contributed by atoms with van der Waals surface area (Å²) in [5.74, 6) is -0.256. The highest BCUT2D eigenvalue weighted by Gasteiger charge is 2.14. The average molecular weight is 283 g/mol. The minimum absolute atomic E-state index is 0.256. The quantitative estimate of drug-likeness (QED) is 0.785. The predicted octanol–water partition coefficient (Wildman–Crippen LogP) is 3.59. The number of hydrogen-bond acceptors (Lipinski definition) is 3. The normalized spacial score (nSPS) is 10.7. The number of rotatable bonds is 5. The zero-order valence-corrected chi connectivity index (χ0v) is 12.8. The standard InChI is InChI=1S/C18H21NO2/c1-4-21-18(20)17-11-10-15(12-16(17)13-19(2)3)14-8-6-5-7-9-14/h5-12H,4,13H2,1-3H3. The van der Waals surface area contributed by atoms with Gasteiger partial charge in [-0.15, -0.1) is 0 Å². The Hall–Kier alpha value is -2.13. The Labute approximate surface area is 126 Å². The van der Waals surface area contributed by atoms with Gasteiger partial charge in [0.2, 0.25) is 0 Å². The van der Waals surface area contributed by atoms with Gasteiger partial charge >= 0.3 is 5.97 Å². The minimum atomic E-state index is -0.256. The minimum Gasteiger partial charge on any atom is -0.462 e. The predicted molar refractivity (Wildman–Crippen MR) is 85.2 cm³/mol. The zero-order chi connectivity index (χ0) is 15.2. The number of benzene rings is 2. The van der Waals surface area contributed by atoms with Crippen molar-refractivity contribution in [2.45, 2.75) is 13.5 Å². The van der Waals surface area contributed by atoms with Crippen LogP contribution in [0.5, 0.6) is 0 Å². The highest BCUT2D eigenvalue weighted by atomic mass is 16.5. The highest BCUT2D eigenvalue weighted by Crippen LogP contribution is 2.23. The molecule has 0 aliphatic carbocycles. The van der Waals surface area contributed by atoms with Crippen LogP contribution in [0.3, 0.4) is 0 Å². The van der Waals surface area contributed by atoms with Gasteiger partial charge in [-0.1, -0.05) is 36.4 Å². The van der Waals surface area contributed by atoms with Crippen molar-refractivity contribution in [3.63, 3.8) is 0 Å². The van der Waals surface area contributed by atoms with Crippen molar-refractivity contribution in [3.8, 4) is 11.1 Å². The van der Waals surface area contributed by atoms with E-state index < -0.39 is 0 Å². The summed E-state index contributed by atoms with van der Waals surface area (Å²) in [4.78, 5) is 14.1. The van der Waals surface area contributed by atoms with Crippen LogP contribution in [0.15, 0.2) is 48.5 Å². The van der Waals surface area contributed by atoms with Gasteiger partial charge in [0, 0.05) is 6.54 Å². The van der Waals surface area contributed by atoms with E-state index in [2.05, 4.69) is 18.2 Å². The van der Waals surface area contributed by atoms with Gasteiger partial charge in [0.1, 0.15) is 0 Å². The van der Waals surface area contributed by atoms with Crippen LogP contribution < -0.4 is 0 Å². The Kier molecular flexibility index (Phi) is 5.12. The van der Waals surface area contributed by atoms with E-state index in [1.165, 1.54) is 0 Å². The molecule has 0 bridgehead atoms. The van der Waals surface area contributed by atoms with Crippen LogP contribution in [0, 0.1) is 0 Å². The SMILES string of the molecule is CCOC(=O)c1ccc(-c2ccccc2)cc1CN(C)C. The van der Waals surface area contributed by atoms with Gasteiger partial charge in [-0.25, -0.2) is 4.79 Å². The number of ether oxygens (including phenoxy) is 1. The number of carbonyl (C=O) groups is 1. The van der Waals surface area contributed by atoms with E-state index in [9.17, 15) is 4.79 Å². The first kappa shape index (κ1) is 15.3. The zero-order valence-electron chi connectivity index (χ0n) is 12.8. The lowest BCUT2D eigenvalue weighted by molar-refractivity contribution is 0.0524. The summed E-state index contributed by atoms with van der Waals surface area (Å²) in [6.07, 6.45) is 0. The van der Waals surface area contributed by atoms with Crippen molar-refractivity contribution < 1.29 is 9.53 Å². The first-order valence-corrected chi connectivity index (χ1v) is 7.12. The molecule has 0 atom stereocenters. The molecule has 0 saturated carbocycles. The fourth-order valence-corrected chi connectivity index (χ4v) is 2.28. The van der Waals surface area contributed by atoms with Crippen LogP contribution in [0.4, 0.5) is 0 Å². The highest BCUT2D eigenvalue weighted by molar-refractivity contribution is 5.92. The molecule has 2 aromatic rings. The maximum absolute atomic E-state index is 12.1. The largest absolute Gasteiger partial charge is 0.462 e. The molecule has 3 heteroatoms. The summed E-state index contributed by atoms with van der Waals surface area (Å²) in [5, 5.41) is 0. The van der Waals surface area contributed by atoms with Crippen molar-refractivity contribution in [2.24, 2.45) is 0 Å². The van der Waals surface area contributed by atoms with Gasteiger partial charge in [-0.3, -0.25) is 0 Å². The number of carbonyl (C=O) groups excluding carboxylic acids is 1. The maximum atomic E-state index is 12.1. The van der Waals surface area contributed by atoms with Crippen LogP contribution in [0.2, 0.25) is 0 Å². The molecule has 0 amide bonds. The van der Waals surface area contributed by atoms with Crippen molar-refractivity contribution in [3.05, 3.63) is 59.7 Å². The summed E-state index contributed by atoms with van der Waals surface area (Å²) in [7, 11) is 3.98. The summed E-state index contributed by atoms with van der Waals surface area (Å²) in [6, 6.07) is 16.1. The second-order valence-electron chi connectivity index (χ2n) is 5.20. The van der Waals surface area contributed by atoms with Crippen LogP contribution in [-0.2, 0) is 11.3 Å². The Bertz CT molecular complexity index is 606. The van der Waals surface area contributed by atoms with Crippen molar-refractivity contribution in [1.82, 2.24) is 4.90 Å². The van der Waals surface area contributed by atoms with Gasteiger partial charge in [-0.2, -0.15) is 0 Å². The van der Waals surface area contributed by atoms with Gasteiger partial charge in [-0.05, 0) is 49.8 Å². The molecule has 0 heterocycles. The smallest absolute Gasteiger partial charge is 0.338 e. The Balaban J connectivity index is 2.42. The fourth-order valence-electron chi connectivity index (χ4n) is 2.28. The molecule has 0 spiro atoms. The molecule has 0 radical (unpaired) electrons. The third kappa shape index (κ3) is 3.92. The van der Waals surface area contributed by atoms with Crippen molar-refractivity contribution >= 4 is 5.97 Å². The van der Waals surface area contributed by atoms with Crippen molar-refractivity contribution in [1.29, 1.82) is 0 Å². The topological polar surface area (TPSA) is 29.5 Å². The van der Waals surface area contributed by atoms with E-state index in [0.29, 0.717) is 18.7 Å². The van der Waals surface area contributed by atoms with E-state index in [4.69, 9.17) is 4.74 Å². The Morgan fingerprint density at radius 1 is 1.05 bits per heavy atom. The molecule has 0 fully saturated rings. The monoisotopic (exact) mass is 283 g/mol. The Morgan fingerprint density at radius 2 is 1.76 bits per heavy atom. The van der Waals surface area contributed by atoms with E-state index in [1.54, 1.807) is 0 Å². The average Bonchev–Trinajstić information content (AvgIpc) is 2.47. The summed E-state index contributed by atoms with van der Waals surface area (Å²) in [6.45, 7) is 2.91. The molecule has 0 unspecified atom stereocenters. The third-order valence-corrected chi connectivity index (χ3v) is 3.19. The van der Waals surface area contributed by atoms with Gasteiger partial charge in [0.25, 0.3) is 0 Å². The van der Waals surface area contributed by atoms with Gasteiger partial charge in [0.15, 0.2) is 0 Å². The lowest BCUT2D eigenvalue weighted by Gasteiger charge is -2.15. The summed E-state index contributed by atoms with van der Waals surface area (Å²) >= 11 is 0. The third-order valence-electron chi connectivity index (χ3n) is 3.19. The molecule has 3 nitrogen and oxygen atoms in total. The molecule has 2 aromatic carbocycles. The van der Waals surface area contributed by atoms with Gasteiger partial charge in [0.05, 0.1) is 12.2 Å². The van der Waals surface area contributed by atoms with E-state index in [-0.39, 0.29) is 5.97 Å². The molecule has 0 N–H and O–H groups in total. The van der Waals surface area contributed by atoms with E-state index in [0.717, 1.165) is 16.7 Å². The Morgan fingerprint density at radius 3 is 2.38 bits per heavy atom. The molecule has 2 rings (SSSR count). The first-order chi connectivity index (χ1) is 10.1. The molecule has 21 heavy (non-hydrogen) atoms. The summed E-state index contributed by atoms with van der Waals surface area (Å²) in [5.41, 5.74) is 3.89. The summed E-state index contributed by atoms with van der Waals surface area (Å²) < 4.78 is 5.14. The molecular formula is C18H21NO2. The van der Waals surface area contributed by atoms with Crippen LogP contribution in [0.25, 0.3) is 11.1 Å². The van der Waals surface area contributed by atoms with Gasteiger partial charge < -0.3 is 9.64 Å². The second-order valence-corrected chi connectivity index (χ2v) is 5.20. The van der Waals surface area contributed by atoms with Crippen molar-refractivity contribution in [2.75, 3.05) is 20.7 Å². The first-order valence-electron chi connectivity index (χ1n) is 7.12. The number of hydrogen-bond donors (Lipinski definition) is 0. The van der Waals surface area contributed by atoms with Crippen LogP contribution in [-0.4, -0.2) is 31.6 Å². The number of esters is 1. The van der Waals surface area contributed by atoms with E-state index >= 15 is 0 Å². The lowest BCUT2D eigenvalue weighted by atomic mass is 9.99. The molecule has 110 valence electrons. The van der Waals surface area contributed by atoms with Crippen LogP contribution >= 0.6 is 0 Å². The number of nitrogens with zero attached hydrogens (tertiary/aromatic N) is 1. The fraction of sp³-hybridized carbons (Fsp3) is 0.278. The van der Waals surface area contributed by atoms with E-state index in [1.807, 2.05) is 56.3 Å². The molecule has 0 aromatic heterocycles. The van der Waals surface area contributed by atoms with Crippen LogP contribution in [0.1, 0.15) is 22.8 Å². The molecule has 0 aliphatic rings. The molecule has 0 aliphatic heterocycles. The molecular weight excluding hydrogens is 262 g/mol. The molecule has 0 saturated heterocycles.